The summed E-state index contributed by atoms with van der Waals surface area (Å²) in [7, 11) is -2.62. The van der Waals surface area contributed by atoms with Crippen LogP contribution in [0.15, 0.2) is 77.7 Å². The van der Waals surface area contributed by atoms with Crippen LogP contribution in [0.5, 0.6) is 5.75 Å². The lowest BCUT2D eigenvalue weighted by Crippen LogP contribution is -2.52. The monoisotopic (exact) mass is 585 g/mol. The first-order valence-electron chi connectivity index (χ1n) is 13.0. The third-order valence-corrected chi connectivity index (χ3v) is 8.66. The number of amides is 2. The fourth-order valence-electron chi connectivity index (χ4n) is 4.01. The van der Waals surface area contributed by atoms with Gasteiger partial charge in [-0.15, -0.1) is 0 Å². The first-order chi connectivity index (χ1) is 19.0. The van der Waals surface area contributed by atoms with Crippen molar-refractivity contribution in [3.8, 4) is 5.75 Å². The molecule has 0 radical (unpaired) electrons. The SMILES string of the molecule is CC[C@H](C)NC(=O)[C@@H](C)N(Cc1cccc(OC)c1)C(=O)CN(c1cccc(Cl)c1)S(=O)(=O)c1ccc(C)cc1. The second-order valence-corrected chi connectivity index (χ2v) is 12.0. The highest BCUT2D eigenvalue weighted by molar-refractivity contribution is 7.92. The number of nitrogens with one attached hydrogen (secondary N) is 1. The van der Waals surface area contributed by atoms with E-state index in [1.165, 1.54) is 23.1 Å². The van der Waals surface area contributed by atoms with Crippen molar-refractivity contribution in [2.24, 2.45) is 0 Å². The number of carbonyl (C=O) groups excluding carboxylic acids is 2. The van der Waals surface area contributed by atoms with Crippen LogP contribution in [0.2, 0.25) is 5.02 Å². The van der Waals surface area contributed by atoms with Gasteiger partial charge in [0.15, 0.2) is 0 Å². The number of hydrogen-bond acceptors (Lipinski definition) is 5. The number of nitrogens with zero attached hydrogens (tertiary/aromatic N) is 2. The number of methoxy groups -OCH3 is 1. The molecule has 3 rings (SSSR count). The summed E-state index contributed by atoms with van der Waals surface area (Å²) in [6.07, 6.45) is 0.722. The summed E-state index contributed by atoms with van der Waals surface area (Å²) in [6.45, 7) is 6.85. The van der Waals surface area contributed by atoms with Crippen LogP contribution >= 0.6 is 11.6 Å². The van der Waals surface area contributed by atoms with Crippen LogP contribution in [0, 0.1) is 6.92 Å². The quantitative estimate of drug-likeness (QED) is 0.316. The average molecular weight is 586 g/mol. The van der Waals surface area contributed by atoms with Crippen molar-refractivity contribution in [1.29, 1.82) is 0 Å². The van der Waals surface area contributed by atoms with E-state index in [2.05, 4.69) is 5.32 Å². The molecule has 2 amide bonds. The molecular formula is C30H36ClN3O5S. The van der Waals surface area contributed by atoms with Crippen LogP contribution in [0.1, 0.15) is 38.3 Å². The summed E-state index contributed by atoms with van der Waals surface area (Å²) < 4.78 is 34.1. The van der Waals surface area contributed by atoms with Gasteiger partial charge in [-0.25, -0.2) is 8.42 Å². The number of halogens is 1. The van der Waals surface area contributed by atoms with Crippen LogP contribution in [-0.4, -0.2) is 50.9 Å². The Labute approximate surface area is 241 Å². The van der Waals surface area contributed by atoms with Gasteiger partial charge in [0.25, 0.3) is 10.0 Å². The average Bonchev–Trinajstić information content (AvgIpc) is 2.94. The molecule has 0 aliphatic carbocycles. The van der Waals surface area contributed by atoms with Crippen LogP contribution < -0.4 is 14.4 Å². The molecule has 0 fully saturated rings. The number of aryl methyl sites for hydroxylation is 1. The Morgan fingerprint density at radius 3 is 2.30 bits per heavy atom. The van der Waals surface area contributed by atoms with Gasteiger partial charge in [0.05, 0.1) is 17.7 Å². The van der Waals surface area contributed by atoms with Crippen LogP contribution in [0.3, 0.4) is 0 Å². The molecular weight excluding hydrogens is 550 g/mol. The summed E-state index contributed by atoms with van der Waals surface area (Å²) in [6, 6.07) is 18.9. The van der Waals surface area contributed by atoms with E-state index in [9.17, 15) is 18.0 Å². The van der Waals surface area contributed by atoms with Gasteiger partial charge >= 0.3 is 0 Å². The normalized spacial score (nSPS) is 12.8. The maximum atomic E-state index is 14.0. The van der Waals surface area contributed by atoms with Gasteiger partial charge in [-0.3, -0.25) is 13.9 Å². The van der Waals surface area contributed by atoms with Crippen molar-refractivity contribution >= 4 is 39.1 Å². The molecule has 3 aromatic carbocycles. The van der Waals surface area contributed by atoms with E-state index >= 15 is 0 Å². The molecule has 10 heteroatoms. The lowest BCUT2D eigenvalue weighted by atomic mass is 10.1. The Bertz CT molecular complexity index is 1430. The molecule has 0 heterocycles. The van der Waals surface area contributed by atoms with E-state index in [0.29, 0.717) is 10.8 Å². The summed E-state index contributed by atoms with van der Waals surface area (Å²) in [4.78, 5) is 28.5. The first-order valence-corrected chi connectivity index (χ1v) is 14.9. The molecule has 0 saturated carbocycles. The van der Waals surface area contributed by atoms with Gasteiger partial charge in [-0.05, 0) is 75.2 Å². The molecule has 3 aromatic rings. The minimum absolute atomic E-state index is 0.0350. The van der Waals surface area contributed by atoms with Crippen molar-refractivity contribution < 1.29 is 22.7 Å². The molecule has 0 aliphatic heterocycles. The molecule has 0 aliphatic rings. The van der Waals surface area contributed by atoms with Crippen molar-refractivity contribution in [3.63, 3.8) is 0 Å². The van der Waals surface area contributed by atoms with Gasteiger partial charge in [-0.2, -0.15) is 0 Å². The minimum atomic E-state index is -4.16. The van der Waals surface area contributed by atoms with Crippen molar-refractivity contribution in [2.75, 3.05) is 18.0 Å². The number of ether oxygens (including phenoxy) is 1. The standard InChI is InChI=1S/C30H36ClN3O5S/c1-6-22(3)32-30(36)23(4)33(19-24-9-7-12-27(17-24)39-5)29(35)20-34(26-11-8-10-25(31)18-26)40(37,38)28-15-13-21(2)14-16-28/h7-18,22-23H,6,19-20H2,1-5H3,(H,32,36)/t22-,23+/m0/s1. The zero-order chi connectivity index (χ0) is 29.4. The van der Waals surface area contributed by atoms with E-state index in [1.54, 1.807) is 62.6 Å². The summed E-state index contributed by atoms with van der Waals surface area (Å²) in [5.74, 6) is -0.282. The lowest BCUT2D eigenvalue weighted by Gasteiger charge is -2.32. The minimum Gasteiger partial charge on any atom is -0.497 e. The maximum Gasteiger partial charge on any atom is 0.264 e. The highest BCUT2D eigenvalue weighted by Gasteiger charge is 2.33. The molecule has 0 aromatic heterocycles. The highest BCUT2D eigenvalue weighted by Crippen LogP contribution is 2.27. The summed E-state index contributed by atoms with van der Waals surface area (Å²) >= 11 is 6.21. The van der Waals surface area contributed by atoms with E-state index in [-0.39, 0.29) is 29.1 Å². The van der Waals surface area contributed by atoms with E-state index in [1.807, 2.05) is 26.8 Å². The topological polar surface area (TPSA) is 96.0 Å². The molecule has 0 saturated heterocycles. The molecule has 214 valence electrons. The Morgan fingerprint density at radius 1 is 1.00 bits per heavy atom. The Balaban J connectivity index is 2.03. The summed E-state index contributed by atoms with van der Waals surface area (Å²) in [5.41, 5.74) is 1.86. The summed E-state index contributed by atoms with van der Waals surface area (Å²) in [5, 5.41) is 3.24. The Kier molecular flexibility index (Phi) is 10.6. The van der Waals surface area contributed by atoms with E-state index < -0.39 is 28.5 Å². The van der Waals surface area contributed by atoms with Crippen molar-refractivity contribution in [2.45, 2.75) is 57.6 Å². The fourth-order valence-corrected chi connectivity index (χ4v) is 5.60. The predicted octanol–water partition coefficient (Wildman–Crippen LogP) is 5.18. The second-order valence-electron chi connectivity index (χ2n) is 9.67. The molecule has 40 heavy (non-hydrogen) atoms. The molecule has 0 bridgehead atoms. The fraction of sp³-hybridized carbons (Fsp3) is 0.333. The zero-order valence-corrected chi connectivity index (χ0v) is 25.0. The number of rotatable bonds is 12. The van der Waals surface area contributed by atoms with Gasteiger partial charge < -0.3 is 15.0 Å². The van der Waals surface area contributed by atoms with Crippen LogP contribution in [0.25, 0.3) is 0 Å². The lowest BCUT2D eigenvalue weighted by molar-refractivity contribution is -0.139. The van der Waals surface area contributed by atoms with E-state index in [4.69, 9.17) is 16.3 Å². The molecule has 8 nitrogen and oxygen atoms in total. The van der Waals surface area contributed by atoms with E-state index in [0.717, 1.165) is 21.9 Å². The van der Waals surface area contributed by atoms with Crippen LogP contribution in [0.4, 0.5) is 5.69 Å². The third-order valence-electron chi connectivity index (χ3n) is 6.64. The largest absolute Gasteiger partial charge is 0.497 e. The molecule has 1 N–H and O–H groups in total. The third kappa shape index (κ3) is 7.76. The zero-order valence-electron chi connectivity index (χ0n) is 23.4. The predicted molar refractivity (Wildman–Crippen MR) is 158 cm³/mol. The van der Waals surface area contributed by atoms with Crippen molar-refractivity contribution in [1.82, 2.24) is 10.2 Å². The number of sulfonamides is 1. The number of anilines is 1. The van der Waals surface area contributed by atoms with Crippen molar-refractivity contribution in [3.05, 3.63) is 88.9 Å². The smallest absolute Gasteiger partial charge is 0.264 e. The number of hydrogen-bond donors (Lipinski definition) is 1. The molecule has 0 spiro atoms. The molecule has 2 atom stereocenters. The van der Waals surface area contributed by atoms with Gasteiger partial charge in [-0.1, -0.05) is 54.4 Å². The Hall–Kier alpha value is -3.56. The highest BCUT2D eigenvalue weighted by atomic mass is 35.5. The molecule has 0 unspecified atom stereocenters. The number of benzene rings is 3. The Morgan fingerprint density at radius 2 is 1.68 bits per heavy atom. The first kappa shape index (κ1) is 31.0. The van der Waals surface area contributed by atoms with Crippen LogP contribution in [-0.2, 0) is 26.2 Å². The second kappa shape index (κ2) is 13.7. The van der Waals surface area contributed by atoms with Gasteiger partial charge in [0, 0.05) is 17.6 Å². The maximum absolute atomic E-state index is 14.0. The van der Waals surface area contributed by atoms with Gasteiger partial charge in [0.2, 0.25) is 11.8 Å². The van der Waals surface area contributed by atoms with Gasteiger partial charge in [0.1, 0.15) is 18.3 Å². The number of carbonyl (C=O) groups is 2.